The zero-order valence-electron chi connectivity index (χ0n) is 10.6. The third kappa shape index (κ3) is 3.36. The average Bonchev–Trinajstić information content (AvgIpc) is 2.19. The van der Waals surface area contributed by atoms with E-state index in [1.165, 1.54) is 16.7 Å². The highest BCUT2D eigenvalue weighted by atomic mass is 14.8. The van der Waals surface area contributed by atoms with Crippen LogP contribution >= 0.6 is 0 Å². The number of nitriles is 1. The molecule has 1 aromatic rings. The number of hydrogen-bond donors (Lipinski definition) is 1. The third-order valence-electron chi connectivity index (χ3n) is 2.73. The van der Waals surface area contributed by atoms with Crippen molar-refractivity contribution < 1.29 is 0 Å². The van der Waals surface area contributed by atoms with Crippen molar-refractivity contribution in [2.45, 2.75) is 39.7 Å². The number of nitrogens with one attached hydrogen (secondary N) is 1. The molecule has 0 aliphatic rings. The lowest BCUT2D eigenvalue weighted by Crippen LogP contribution is -2.15. The summed E-state index contributed by atoms with van der Waals surface area (Å²) in [4.78, 5) is 0. The molecule has 0 heterocycles. The highest BCUT2D eigenvalue weighted by Crippen LogP contribution is 2.24. The quantitative estimate of drug-likeness (QED) is 0.623. The van der Waals surface area contributed by atoms with Crippen molar-refractivity contribution in [1.29, 1.82) is 5.26 Å². The summed E-state index contributed by atoms with van der Waals surface area (Å²) >= 11 is 0. The van der Waals surface area contributed by atoms with E-state index in [4.69, 9.17) is 5.26 Å². The maximum absolute atomic E-state index is 8.45. The Hall–Kier alpha value is -1.33. The standard InChI is InChI=1S/C14H20N2/c1-11-9-13(14(2,3)4)6-5-12(11)10-16-8-7-15/h5-6,9,16H,8,10H2,1-4H3. The number of benzene rings is 1. The van der Waals surface area contributed by atoms with E-state index < -0.39 is 0 Å². The van der Waals surface area contributed by atoms with Gasteiger partial charge in [0.1, 0.15) is 0 Å². The Labute approximate surface area is 98.3 Å². The van der Waals surface area contributed by atoms with Gasteiger partial charge in [-0.3, -0.25) is 0 Å². The third-order valence-corrected chi connectivity index (χ3v) is 2.73. The molecule has 1 rings (SSSR count). The van der Waals surface area contributed by atoms with E-state index >= 15 is 0 Å². The Kier molecular flexibility index (Phi) is 4.09. The maximum atomic E-state index is 8.45. The lowest BCUT2D eigenvalue weighted by Gasteiger charge is -2.20. The van der Waals surface area contributed by atoms with Crippen molar-refractivity contribution in [2.75, 3.05) is 6.54 Å². The monoisotopic (exact) mass is 216 g/mol. The Balaban J connectivity index is 2.80. The fourth-order valence-electron chi connectivity index (χ4n) is 1.61. The molecule has 0 spiro atoms. The van der Waals surface area contributed by atoms with Crippen molar-refractivity contribution >= 4 is 0 Å². The Morgan fingerprint density at radius 3 is 2.50 bits per heavy atom. The highest BCUT2D eigenvalue weighted by Gasteiger charge is 2.14. The Morgan fingerprint density at radius 2 is 2.00 bits per heavy atom. The van der Waals surface area contributed by atoms with Crippen LogP contribution in [0.25, 0.3) is 0 Å². The lowest BCUT2D eigenvalue weighted by atomic mass is 9.85. The number of nitrogens with zero attached hydrogens (tertiary/aromatic N) is 1. The second-order valence-electron chi connectivity index (χ2n) is 5.15. The van der Waals surface area contributed by atoms with Crippen LogP contribution in [0.15, 0.2) is 18.2 Å². The van der Waals surface area contributed by atoms with Gasteiger partial charge in [-0.2, -0.15) is 5.26 Å². The van der Waals surface area contributed by atoms with E-state index in [2.05, 4.69) is 57.3 Å². The second-order valence-corrected chi connectivity index (χ2v) is 5.15. The van der Waals surface area contributed by atoms with Crippen LogP contribution in [0.1, 0.15) is 37.5 Å². The first kappa shape index (κ1) is 12.7. The van der Waals surface area contributed by atoms with Gasteiger partial charge in [-0.1, -0.05) is 39.0 Å². The van der Waals surface area contributed by atoms with Gasteiger partial charge in [-0.05, 0) is 29.0 Å². The average molecular weight is 216 g/mol. The van der Waals surface area contributed by atoms with Gasteiger partial charge in [0.15, 0.2) is 0 Å². The smallest absolute Gasteiger partial charge is 0.0843 e. The fourth-order valence-corrected chi connectivity index (χ4v) is 1.61. The van der Waals surface area contributed by atoms with Crippen molar-refractivity contribution in [2.24, 2.45) is 0 Å². The van der Waals surface area contributed by atoms with Crippen molar-refractivity contribution in [1.82, 2.24) is 5.32 Å². The maximum Gasteiger partial charge on any atom is 0.0843 e. The Bertz CT molecular complexity index is 394. The Morgan fingerprint density at radius 1 is 1.31 bits per heavy atom. The molecule has 2 heteroatoms. The topological polar surface area (TPSA) is 35.8 Å². The fraction of sp³-hybridized carbons (Fsp3) is 0.500. The molecule has 0 atom stereocenters. The summed E-state index contributed by atoms with van der Waals surface area (Å²) in [5.41, 5.74) is 4.11. The SMILES string of the molecule is Cc1cc(C(C)(C)C)ccc1CNCC#N. The van der Waals surface area contributed by atoms with Crippen molar-refractivity contribution in [3.63, 3.8) is 0 Å². The normalized spacial score (nSPS) is 11.2. The molecule has 2 nitrogen and oxygen atoms in total. The van der Waals surface area contributed by atoms with Crippen LogP contribution in [-0.4, -0.2) is 6.54 Å². The van der Waals surface area contributed by atoms with E-state index in [0.29, 0.717) is 6.54 Å². The minimum absolute atomic E-state index is 0.198. The molecule has 0 saturated heterocycles. The second kappa shape index (κ2) is 5.14. The van der Waals surface area contributed by atoms with Crippen LogP contribution in [0, 0.1) is 18.3 Å². The highest BCUT2D eigenvalue weighted by molar-refractivity contribution is 5.34. The van der Waals surface area contributed by atoms with E-state index in [-0.39, 0.29) is 5.41 Å². The van der Waals surface area contributed by atoms with Crippen LogP contribution in [0.4, 0.5) is 0 Å². The molecule has 86 valence electrons. The summed E-state index contributed by atoms with van der Waals surface area (Å²) in [6, 6.07) is 8.65. The molecule has 0 radical (unpaired) electrons. The van der Waals surface area contributed by atoms with Gasteiger partial charge in [-0.25, -0.2) is 0 Å². The summed E-state index contributed by atoms with van der Waals surface area (Å²) in [6.07, 6.45) is 0. The molecule has 1 aromatic carbocycles. The zero-order chi connectivity index (χ0) is 12.2. The van der Waals surface area contributed by atoms with Crippen LogP contribution < -0.4 is 5.32 Å². The summed E-state index contributed by atoms with van der Waals surface area (Å²) in [6.45, 7) is 9.95. The summed E-state index contributed by atoms with van der Waals surface area (Å²) < 4.78 is 0. The largest absolute Gasteiger partial charge is 0.300 e. The van der Waals surface area contributed by atoms with Crippen molar-refractivity contribution in [3.05, 3.63) is 34.9 Å². The van der Waals surface area contributed by atoms with Gasteiger partial charge in [-0.15, -0.1) is 0 Å². The molecule has 0 aliphatic carbocycles. The zero-order valence-corrected chi connectivity index (χ0v) is 10.6. The van der Waals surface area contributed by atoms with Crippen LogP contribution in [0.5, 0.6) is 0 Å². The first-order valence-electron chi connectivity index (χ1n) is 5.63. The molecule has 0 aliphatic heterocycles. The minimum atomic E-state index is 0.198. The van der Waals surface area contributed by atoms with Gasteiger partial charge in [0, 0.05) is 6.54 Å². The van der Waals surface area contributed by atoms with E-state index in [0.717, 1.165) is 6.54 Å². The summed E-state index contributed by atoms with van der Waals surface area (Å²) in [5, 5.41) is 11.5. The predicted octanol–water partition coefficient (Wildman–Crippen LogP) is 2.91. The number of rotatable bonds is 3. The summed E-state index contributed by atoms with van der Waals surface area (Å²) in [7, 11) is 0. The molecule has 0 aromatic heterocycles. The molecule has 0 saturated carbocycles. The van der Waals surface area contributed by atoms with Crippen LogP contribution in [-0.2, 0) is 12.0 Å². The molecule has 16 heavy (non-hydrogen) atoms. The van der Waals surface area contributed by atoms with E-state index in [1.54, 1.807) is 0 Å². The van der Waals surface area contributed by atoms with Gasteiger partial charge < -0.3 is 5.32 Å². The van der Waals surface area contributed by atoms with Gasteiger partial charge in [0.05, 0.1) is 12.6 Å². The minimum Gasteiger partial charge on any atom is -0.300 e. The van der Waals surface area contributed by atoms with Crippen molar-refractivity contribution in [3.8, 4) is 6.07 Å². The van der Waals surface area contributed by atoms with Crippen LogP contribution in [0.2, 0.25) is 0 Å². The van der Waals surface area contributed by atoms with Gasteiger partial charge >= 0.3 is 0 Å². The molecule has 0 fully saturated rings. The summed E-state index contributed by atoms with van der Waals surface area (Å²) in [5.74, 6) is 0. The first-order chi connectivity index (χ1) is 7.45. The van der Waals surface area contributed by atoms with Gasteiger partial charge in [0.25, 0.3) is 0 Å². The van der Waals surface area contributed by atoms with E-state index in [1.807, 2.05) is 0 Å². The number of aryl methyl sites for hydroxylation is 1. The van der Waals surface area contributed by atoms with Gasteiger partial charge in [0.2, 0.25) is 0 Å². The first-order valence-corrected chi connectivity index (χ1v) is 5.63. The number of hydrogen-bond acceptors (Lipinski definition) is 2. The van der Waals surface area contributed by atoms with E-state index in [9.17, 15) is 0 Å². The molecule has 1 N–H and O–H groups in total. The molecular weight excluding hydrogens is 196 g/mol. The molecule has 0 amide bonds. The predicted molar refractivity (Wildman–Crippen MR) is 67.2 cm³/mol. The molecular formula is C14H20N2. The lowest BCUT2D eigenvalue weighted by molar-refractivity contribution is 0.589. The van der Waals surface area contributed by atoms with Crippen LogP contribution in [0.3, 0.4) is 0 Å². The molecule has 0 bridgehead atoms. The molecule has 0 unspecified atom stereocenters.